The molecule has 34 heavy (non-hydrogen) atoms. The van der Waals surface area contributed by atoms with Crippen molar-refractivity contribution in [2.24, 2.45) is 7.05 Å². The molecule has 174 valence electrons. The minimum absolute atomic E-state index is 0.105. The van der Waals surface area contributed by atoms with Gasteiger partial charge in [0, 0.05) is 25.7 Å². The van der Waals surface area contributed by atoms with Crippen molar-refractivity contribution in [2.75, 3.05) is 13.2 Å². The summed E-state index contributed by atoms with van der Waals surface area (Å²) in [5.41, 5.74) is 4.84. The lowest BCUT2D eigenvalue weighted by atomic mass is 9.98. The van der Waals surface area contributed by atoms with Crippen LogP contribution >= 0.6 is 0 Å². The van der Waals surface area contributed by atoms with Crippen molar-refractivity contribution in [3.63, 3.8) is 0 Å². The number of carbonyl (C=O) groups excluding carboxylic acids is 2. The zero-order valence-electron chi connectivity index (χ0n) is 18.5. The normalized spacial score (nSPS) is 17.3. The van der Waals surface area contributed by atoms with Crippen LogP contribution in [0.1, 0.15) is 35.2 Å². The number of hydrogen-bond acceptors (Lipinski definition) is 5. The first-order chi connectivity index (χ1) is 16.5. The fraction of sp³-hybridized carbons (Fsp3) is 0.280. The quantitative estimate of drug-likeness (QED) is 0.585. The molecule has 2 atom stereocenters. The molecule has 2 N–H and O–H groups in total. The van der Waals surface area contributed by atoms with Crippen LogP contribution < -0.4 is 5.32 Å². The molecule has 1 aliphatic carbocycles. The Morgan fingerprint density at radius 2 is 1.74 bits per heavy atom. The van der Waals surface area contributed by atoms with Gasteiger partial charge in [0.2, 0.25) is 0 Å². The van der Waals surface area contributed by atoms with Crippen LogP contribution in [0.15, 0.2) is 60.8 Å². The zero-order chi connectivity index (χ0) is 23.8. The zero-order valence-corrected chi connectivity index (χ0v) is 18.5. The highest BCUT2D eigenvalue weighted by Gasteiger charge is 2.42. The van der Waals surface area contributed by atoms with Gasteiger partial charge in [-0.1, -0.05) is 48.5 Å². The van der Waals surface area contributed by atoms with Gasteiger partial charge in [-0.15, -0.1) is 0 Å². The molecule has 9 nitrogen and oxygen atoms in total. The van der Waals surface area contributed by atoms with Crippen LogP contribution in [-0.2, 0) is 21.4 Å². The van der Waals surface area contributed by atoms with Crippen LogP contribution in [0.2, 0.25) is 0 Å². The van der Waals surface area contributed by atoms with Gasteiger partial charge in [-0.25, -0.2) is 9.59 Å². The van der Waals surface area contributed by atoms with Gasteiger partial charge in [0.1, 0.15) is 12.6 Å². The van der Waals surface area contributed by atoms with E-state index in [0.717, 1.165) is 22.3 Å². The molecule has 0 spiro atoms. The maximum atomic E-state index is 13.2. The van der Waals surface area contributed by atoms with E-state index in [0.29, 0.717) is 18.7 Å². The molecule has 1 aromatic heterocycles. The molecule has 1 saturated heterocycles. The Labute approximate surface area is 195 Å². The molecule has 9 heteroatoms. The Bertz CT molecular complexity index is 1220. The number of carboxylic acid groups (broad SMARTS) is 1. The number of nitrogens with zero attached hydrogens (tertiary/aromatic N) is 3. The molecule has 2 amide bonds. The van der Waals surface area contributed by atoms with Gasteiger partial charge in [-0.05, 0) is 34.7 Å². The van der Waals surface area contributed by atoms with Gasteiger partial charge in [-0.2, -0.15) is 5.10 Å². The molecule has 0 bridgehead atoms. The van der Waals surface area contributed by atoms with E-state index < -0.39 is 30.1 Å². The Balaban J connectivity index is 1.33. The van der Waals surface area contributed by atoms with Crippen molar-refractivity contribution in [3.8, 4) is 11.1 Å². The van der Waals surface area contributed by atoms with E-state index >= 15 is 0 Å². The highest BCUT2D eigenvalue weighted by molar-refractivity contribution is 5.91. The third-order valence-corrected chi connectivity index (χ3v) is 6.60. The van der Waals surface area contributed by atoms with Crippen molar-refractivity contribution in [1.82, 2.24) is 20.0 Å². The second kappa shape index (κ2) is 8.66. The number of aliphatic carboxylic acids is 1. The number of carboxylic acids is 1. The van der Waals surface area contributed by atoms with Crippen molar-refractivity contribution in [1.29, 1.82) is 0 Å². The van der Waals surface area contributed by atoms with E-state index in [1.165, 1.54) is 15.8 Å². The lowest BCUT2D eigenvalue weighted by Crippen LogP contribution is -2.58. The fourth-order valence-corrected chi connectivity index (χ4v) is 4.76. The van der Waals surface area contributed by atoms with Crippen LogP contribution in [0.5, 0.6) is 0 Å². The third kappa shape index (κ3) is 3.68. The Kier molecular flexibility index (Phi) is 5.53. The number of hydrogen-bond donors (Lipinski definition) is 2. The summed E-state index contributed by atoms with van der Waals surface area (Å²) < 4.78 is 7.07. The molecule has 2 unspecified atom stereocenters. The molecule has 2 heterocycles. The summed E-state index contributed by atoms with van der Waals surface area (Å²) in [6.07, 6.45) is 1.14. The Hall–Kier alpha value is -4.14. The largest absolute Gasteiger partial charge is 0.480 e. The predicted molar refractivity (Wildman–Crippen MR) is 122 cm³/mol. The van der Waals surface area contributed by atoms with Crippen LogP contribution in [0.25, 0.3) is 11.1 Å². The minimum Gasteiger partial charge on any atom is -0.480 e. The lowest BCUT2D eigenvalue weighted by Gasteiger charge is -2.39. The third-order valence-electron chi connectivity index (χ3n) is 6.60. The summed E-state index contributed by atoms with van der Waals surface area (Å²) >= 11 is 0. The molecule has 2 aromatic carbocycles. The van der Waals surface area contributed by atoms with Crippen LogP contribution in [0.4, 0.5) is 4.79 Å². The van der Waals surface area contributed by atoms with Crippen molar-refractivity contribution >= 4 is 18.0 Å². The van der Waals surface area contributed by atoms with E-state index in [1.807, 2.05) is 36.4 Å². The molecule has 1 aliphatic heterocycles. The smallest absolute Gasteiger partial charge is 0.408 e. The number of carbonyl (C=O) groups is 3. The molecule has 2 aliphatic rings. The maximum Gasteiger partial charge on any atom is 0.408 e. The van der Waals surface area contributed by atoms with Gasteiger partial charge in [0.15, 0.2) is 6.04 Å². The van der Waals surface area contributed by atoms with Gasteiger partial charge in [0.25, 0.3) is 5.91 Å². The van der Waals surface area contributed by atoms with E-state index in [9.17, 15) is 19.5 Å². The summed E-state index contributed by atoms with van der Waals surface area (Å²) in [6, 6.07) is 15.7. The predicted octanol–water partition coefficient (Wildman–Crippen LogP) is 2.69. The summed E-state index contributed by atoms with van der Waals surface area (Å²) in [7, 11) is 1.65. The van der Waals surface area contributed by atoms with Crippen molar-refractivity contribution in [2.45, 2.75) is 24.4 Å². The average molecular weight is 460 g/mol. The highest BCUT2D eigenvalue weighted by atomic mass is 16.5. The first-order valence-corrected chi connectivity index (χ1v) is 11.1. The van der Waals surface area contributed by atoms with Crippen LogP contribution in [0.3, 0.4) is 0 Å². The number of benzene rings is 2. The Morgan fingerprint density at radius 3 is 2.26 bits per heavy atom. The number of ether oxygens (including phenoxy) is 1. The van der Waals surface area contributed by atoms with Gasteiger partial charge in [-0.3, -0.25) is 9.48 Å². The number of fused-ring (bicyclic) bond motifs is 3. The summed E-state index contributed by atoms with van der Waals surface area (Å²) in [4.78, 5) is 38.7. The average Bonchev–Trinajstić information content (AvgIpc) is 3.36. The van der Waals surface area contributed by atoms with E-state index in [-0.39, 0.29) is 12.5 Å². The standard InChI is InChI=1S/C25H24N4O5/c1-28-20(10-12-26-28)22(23(30)29-13-11-21(29)24(31)32)27-25(33)34-14-19-17-8-4-2-6-15(17)16-7-3-5-9-18(16)19/h2-10,12,19,21-22H,11,13-14H2,1H3,(H,27,33)(H,31,32). The molecular formula is C25H24N4O5. The molecular weight excluding hydrogens is 436 g/mol. The number of rotatable bonds is 6. The van der Waals surface area contributed by atoms with E-state index in [2.05, 4.69) is 22.5 Å². The number of amides is 2. The monoisotopic (exact) mass is 460 g/mol. The van der Waals surface area contributed by atoms with Crippen molar-refractivity contribution in [3.05, 3.63) is 77.6 Å². The number of nitrogens with one attached hydrogen (secondary N) is 1. The van der Waals surface area contributed by atoms with Gasteiger partial charge < -0.3 is 20.1 Å². The summed E-state index contributed by atoms with van der Waals surface area (Å²) in [5, 5.41) is 16.1. The SMILES string of the molecule is Cn1nccc1C(NC(=O)OCC1c2ccccc2-c2ccccc21)C(=O)N1CCC1C(=O)O. The number of alkyl carbamates (subject to hydrolysis) is 1. The first kappa shape index (κ1) is 21.7. The number of aromatic nitrogens is 2. The first-order valence-electron chi connectivity index (χ1n) is 11.1. The van der Waals surface area contributed by atoms with Crippen LogP contribution in [0, 0.1) is 0 Å². The molecule has 3 aromatic rings. The number of likely N-dealkylation sites (tertiary alicyclic amines) is 1. The number of aryl methyl sites for hydroxylation is 1. The Morgan fingerprint density at radius 1 is 1.09 bits per heavy atom. The highest BCUT2D eigenvalue weighted by Crippen LogP contribution is 2.44. The lowest BCUT2D eigenvalue weighted by molar-refractivity contribution is -0.158. The molecule has 0 radical (unpaired) electrons. The topological polar surface area (TPSA) is 114 Å². The molecule has 0 saturated carbocycles. The second-order valence-electron chi connectivity index (χ2n) is 8.46. The van der Waals surface area contributed by atoms with E-state index in [1.54, 1.807) is 13.1 Å². The summed E-state index contributed by atoms with van der Waals surface area (Å²) in [5.74, 6) is -1.68. The molecule has 5 rings (SSSR count). The molecule has 1 fully saturated rings. The van der Waals surface area contributed by atoms with Crippen LogP contribution in [-0.4, -0.2) is 57.0 Å². The van der Waals surface area contributed by atoms with Crippen molar-refractivity contribution < 1.29 is 24.2 Å². The fourth-order valence-electron chi connectivity index (χ4n) is 4.76. The minimum atomic E-state index is -1.11. The maximum absolute atomic E-state index is 13.2. The summed E-state index contributed by atoms with van der Waals surface area (Å²) in [6.45, 7) is 0.421. The van der Waals surface area contributed by atoms with Gasteiger partial charge >= 0.3 is 12.1 Å². The second-order valence-corrected chi connectivity index (χ2v) is 8.46. The van der Waals surface area contributed by atoms with Gasteiger partial charge in [0.05, 0.1) is 5.69 Å². The van der Waals surface area contributed by atoms with E-state index in [4.69, 9.17) is 4.74 Å².